The summed E-state index contributed by atoms with van der Waals surface area (Å²) in [7, 11) is 0. The summed E-state index contributed by atoms with van der Waals surface area (Å²) in [4.78, 5) is 33.2. The van der Waals surface area contributed by atoms with E-state index in [2.05, 4.69) is 20.6 Å². The number of ether oxygens (including phenoxy) is 1. The Balaban J connectivity index is 1.49. The summed E-state index contributed by atoms with van der Waals surface area (Å²) in [6.07, 6.45) is 5.27. The van der Waals surface area contributed by atoms with Gasteiger partial charge in [-0.05, 0) is 49.6 Å². The molecule has 3 aromatic rings. The van der Waals surface area contributed by atoms with E-state index in [1.807, 2.05) is 0 Å². The normalized spacial score (nSPS) is 13.0. The monoisotopic (exact) mass is 412 g/mol. The number of hydrogen-bond donors (Lipinski definition) is 2. The fraction of sp³-hybridized carbons (Fsp3) is 0.200. The van der Waals surface area contributed by atoms with Gasteiger partial charge in [0.2, 0.25) is 0 Å². The van der Waals surface area contributed by atoms with Gasteiger partial charge in [0, 0.05) is 5.69 Å². The van der Waals surface area contributed by atoms with Crippen LogP contribution in [0.25, 0.3) is 0 Å². The number of rotatable bonds is 6. The molecule has 0 spiro atoms. The van der Waals surface area contributed by atoms with E-state index in [1.54, 1.807) is 24.6 Å². The Labute approximate surface area is 170 Å². The highest BCUT2D eigenvalue weighted by molar-refractivity contribution is 7.11. The molecule has 1 fully saturated rings. The van der Waals surface area contributed by atoms with Crippen LogP contribution >= 0.6 is 11.3 Å². The van der Waals surface area contributed by atoms with Crippen LogP contribution in [0.5, 0.6) is 5.75 Å². The van der Waals surface area contributed by atoms with Gasteiger partial charge in [0.25, 0.3) is 11.8 Å². The Bertz CT molecular complexity index is 1050. The molecule has 2 heterocycles. The molecule has 148 valence electrons. The molecule has 2 N–H and O–H groups in total. The quantitative estimate of drug-likeness (QED) is 0.638. The third-order valence-electron chi connectivity index (χ3n) is 4.27. The van der Waals surface area contributed by atoms with Crippen LogP contribution in [0.3, 0.4) is 0 Å². The standard InChI is InChI=1S/C20H17FN4O3S/c1-11-6-15(21)14(7-16(11)24-20(27)17-9-22-10-29-17)19(26)25-18-5-4-13(8-23-18)28-12-2-3-12/h4-10,12H,2-3H2,1H3,(H,24,27)(H,23,25,26). The Morgan fingerprint density at radius 2 is 2.00 bits per heavy atom. The number of nitrogens with zero attached hydrogens (tertiary/aromatic N) is 2. The van der Waals surface area contributed by atoms with Crippen LogP contribution in [-0.4, -0.2) is 27.9 Å². The van der Waals surface area contributed by atoms with Gasteiger partial charge in [-0.25, -0.2) is 9.37 Å². The lowest BCUT2D eigenvalue weighted by Crippen LogP contribution is -2.17. The first kappa shape index (κ1) is 19.0. The Morgan fingerprint density at radius 1 is 1.17 bits per heavy atom. The van der Waals surface area contributed by atoms with E-state index in [9.17, 15) is 14.0 Å². The predicted molar refractivity (Wildman–Crippen MR) is 107 cm³/mol. The molecule has 1 saturated carbocycles. The minimum absolute atomic E-state index is 0.199. The maximum atomic E-state index is 14.4. The molecule has 0 saturated heterocycles. The van der Waals surface area contributed by atoms with Crippen LogP contribution in [-0.2, 0) is 0 Å². The van der Waals surface area contributed by atoms with Gasteiger partial charge in [-0.2, -0.15) is 0 Å². The number of thiazole rings is 1. The zero-order valence-electron chi connectivity index (χ0n) is 15.4. The molecule has 4 rings (SSSR count). The minimum Gasteiger partial charge on any atom is -0.489 e. The van der Waals surface area contributed by atoms with Crippen molar-refractivity contribution in [2.75, 3.05) is 10.6 Å². The van der Waals surface area contributed by atoms with Gasteiger partial charge in [-0.1, -0.05) is 0 Å². The van der Waals surface area contributed by atoms with Crippen LogP contribution in [0, 0.1) is 12.7 Å². The predicted octanol–water partition coefficient (Wildman–Crippen LogP) is 4.03. The number of nitrogens with one attached hydrogen (secondary N) is 2. The summed E-state index contributed by atoms with van der Waals surface area (Å²) in [5.41, 5.74) is 2.18. The highest BCUT2D eigenvalue weighted by Crippen LogP contribution is 2.27. The fourth-order valence-corrected chi connectivity index (χ4v) is 3.09. The largest absolute Gasteiger partial charge is 0.489 e. The number of pyridine rings is 1. The third kappa shape index (κ3) is 4.57. The van der Waals surface area contributed by atoms with Gasteiger partial charge < -0.3 is 15.4 Å². The number of amides is 2. The number of benzene rings is 1. The first-order chi connectivity index (χ1) is 14.0. The highest BCUT2D eigenvalue weighted by atomic mass is 32.1. The van der Waals surface area contributed by atoms with Gasteiger partial charge in [0.05, 0.1) is 29.6 Å². The third-order valence-corrected chi connectivity index (χ3v) is 5.04. The second-order valence-corrected chi connectivity index (χ2v) is 7.50. The molecule has 1 aliphatic rings. The van der Waals surface area contributed by atoms with Crippen molar-refractivity contribution < 1.29 is 18.7 Å². The number of carbonyl (C=O) groups excluding carboxylic acids is 2. The molecule has 9 heteroatoms. The minimum atomic E-state index is -0.690. The van der Waals surface area contributed by atoms with Crippen molar-refractivity contribution in [3.63, 3.8) is 0 Å². The molecule has 29 heavy (non-hydrogen) atoms. The zero-order valence-corrected chi connectivity index (χ0v) is 16.3. The van der Waals surface area contributed by atoms with Crippen LogP contribution < -0.4 is 15.4 Å². The Morgan fingerprint density at radius 3 is 2.66 bits per heavy atom. The summed E-state index contributed by atoms with van der Waals surface area (Å²) in [6, 6.07) is 5.81. The maximum absolute atomic E-state index is 14.4. The van der Waals surface area contributed by atoms with E-state index in [-0.39, 0.29) is 23.4 Å². The summed E-state index contributed by atoms with van der Waals surface area (Å²) in [5.74, 6) is -0.835. The molecule has 0 unspecified atom stereocenters. The van der Waals surface area contributed by atoms with Crippen LogP contribution in [0.1, 0.15) is 38.4 Å². The first-order valence-corrected chi connectivity index (χ1v) is 9.81. The first-order valence-electron chi connectivity index (χ1n) is 8.93. The summed E-state index contributed by atoms with van der Waals surface area (Å²) >= 11 is 1.19. The number of halogens is 1. The molecule has 0 aliphatic heterocycles. The molecule has 0 radical (unpaired) electrons. The van der Waals surface area contributed by atoms with Gasteiger partial charge in [-0.3, -0.25) is 14.6 Å². The number of aromatic nitrogens is 2. The number of aryl methyl sites for hydroxylation is 1. The molecular formula is C20H17FN4O3S. The van der Waals surface area contributed by atoms with Crippen LogP contribution in [0.2, 0.25) is 0 Å². The van der Waals surface area contributed by atoms with E-state index >= 15 is 0 Å². The molecule has 2 amide bonds. The number of anilines is 2. The topological polar surface area (TPSA) is 93.2 Å². The van der Waals surface area contributed by atoms with Crippen LogP contribution in [0.15, 0.2) is 42.2 Å². The lowest BCUT2D eigenvalue weighted by atomic mass is 10.1. The van der Waals surface area contributed by atoms with Crippen molar-refractivity contribution >= 4 is 34.7 Å². The second-order valence-electron chi connectivity index (χ2n) is 6.62. The lowest BCUT2D eigenvalue weighted by molar-refractivity contribution is 0.101. The molecular weight excluding hydrogens is 395 g/mol. The molecule has 7 nitrogen and oxygen atoms in total. The van der Waals surface area contributed by atoms with Crippen molar-refractivity contribution in [2.45, 2.75) is 25.9 Å². The van der Waals surface area contributed by atoms with E-state index in [4.69, 9.17) is 4.74 Å². The van der Waals surface area contributed by atoms with Crippen molar-refractivity contribution in [1.29, 1.82) is 0 Å². The van der Waals surface area contributed by atoms with E-state index in [1.165, 1.54) is 35.9 Å². The summed E-state index contributed by atoms with van der Waals surface area (Å²) < 4.78 is 20.0. The Kier molecular flexibility index (Phi) is 5.22. The number of carbonyl (C=O) groups is 2. The molecule has 2 aromatic heterocycles. The molecule has 0 bridgehead atoms. The fourth-order valence-electron chi connectivity index (χ4n) is 2.58. The molecule has 1 aromatic carbocycles. The van der Waals surface area contributed by atoms with Crippen molar-refractivity contribution in [3.05, 3.63) is 64.0 Å². The highest BCUT2D eigenvalue weighted by Gasteiger charge is 2.23. The van der Waals surface area contributed by atoms with Gasteiger partial charge in [-0.15, -0.1) is 11.3 Å². The van der Waals surface area contributed by atoms with Crippen molar-refractivity contribution in [2.24, 2.45) is 0 Å². The van der Waals surface area contributed by atoms with E-state index < -0.39 is 11.7 Å². The lowest BCUT2D eigenvalue weighted by Gasteiger charge is -2.12. The van der Waals surface area contributed by atoms with E-state index in [0.29, 0.717) is 21.9 Å². The summed E-state index contributed by atoms with van der Waals surface area (Å²) in [5, 5.41) is 5.24. The number of hydrogen-bond acceptors (Lipinski definition) is 6. The molecule has 1 aliphatic carbocycles. The summed E-state index contributed by atoms with van der Waals surface area (Å²) in [6.45, 7) is 1.65. The maximum Gasteiger partial charge on any atom is 0.267 e. The average Bonchev–Trinajstić information content (AvgIpc) is 3.33. The van der Waals surface area contributed by atoms with E-state index in [0.717, 1.165) is 12.8 Å². The second kappa shape index (κ2) is 7.96. The van der Waals surface area contributed by atoms with Gasteiger partial charge >= 0.3 is 0 Å². The zero-order chi connectivity index (χ0) is 20.4. The van der Waals surface area contributed by atoms with Gasteiger partial charge in [0.1, 0.15) is 22.3 Å². The Hall–Kier alpha value is -3.33. The van der Waals surface area contributed by atoms with Gasteiger partial charge in [0.15, 0.2) is 0 Å². The SMILES string of the molecule is Cc1cc(F)c(C(=O)Nc2ccc(OC3CC3)cn2)cc1NC(=O)c1cncs1. The van der Waals surface area contributed by atoms with Crippen molar-refractivity contribution in [3.8, 4) is 5.75 Å². The smallest absolute Gasteiger partial charge is 0.267 e. The molecule has 0 atom stereocenters. The average molecular weight is 412 g/mol. The van der Waals surface area contributed by atoms with Crippen molar-refractivity contribution in [1.82, 2.24) is 9.97 Å². The van der Waals surface area contributed by atoms with Crippen LogP contribution in [0.4, 0.5) is 15.9 Å².